The molecule has 1 heterocycles. The second-order valence-corrected chi connectivity index (χ2v) is 7.09. The number of ether oxygens (including phenoxy) is 1. The molecule has 1 saturated heterocycles. The third kappa shape index (κ3) is 5.28. The van der Waals surface area contributed by atoms with Crippen LogP contribution < -0.4 is 5.32 Å². The van der Waals surface area contributed by atoms with Crippen LogP contribution in [0.1, 0.15) is 39.2 Å². The molecule has 0 spiro atoms. The average molecular weight is 336 g/mol. The summed E-state index contributed by atoms with van der Waals surface area (Å²) in [5, 5.41) is 2.81. The number of aryl methyl sites for hydroxylation is 1. The predicted molar refractivity (Wildman–Crippen MR) is 94.6 cm³/mol. The van der Waals surface area contributed by atoms with E-state index in [2.05, 4.69) is 24.1 Å². The van der Waals surface area contributed by atoms with Gasteiger partial charge in [-0.3, -0.25) is 9.69 Å². The van der Waals surface area contributed by atoms with Crippen molar-refractivity contribution in [2.24, 2.45) is 5.92 Å². The Morgan fingerprint density at radius 3 is 2.58 bits per heavy atom. The maximum Gasteiger partial charge on any atom is 0.241 e. The van der Waals surface area contributed by atoms with Gasteiger partial charge in [-0.2, -0.15) is 0 Å². The van der Waals surface area contributed by atoms with Crippen LogP contribution in [0.15, 0.2) is 18.2 Å². The second-order valence-electron chi connectivity index (χ2n) is 7.09. The molecule has 0 bridgehead atoms. The highest BCUT2D eigenvalue weighted by molar-refractivity contribution is 5.94. The highest BCUT2D eigenvalue weighted by Crippen LogP contribution is 2.19. The van der Waals surface area contributed by atoms with E-state index in [4.69, 9.17) is 4.74 Å². The molecule has 5 heteroatoms. The minimum absolute atomic E-state index is 0.0974. The Hall–Kier alpha value is -1.46. The Bertz CT molecular complexity index is 554. The largest absolute Gasteiger partial charge is 0.378 e. The van der Waals surface area contributed by atoms with Crippen LogP contribution in [0.2, 0.25) is 0 Å². The summed E-state index contributed by atoms with van der Waals surface area (Å²) in [4.78, 5) is 14.6. The summed E-state index contributed by atoms with van der Waals surface area (Å²) in [5.74, 6) is 0.144. The predicted octanol–water partition coefficient (Wildman–Crippen LogP) is 3.60. The molecule has 4 nitrogen and oxygen atoms in total. The van der Waals surface area contributed by atoms with Crippen LogP contribution in [0.4, 0.5) is 10.1 Å². The molecule has 0 radical (unpaired) electrons. The van der Waals surface area contributed by atoms with Gasteiger partial charge >= 0.3 is 0 Å². The minimum Gasteiger partial charge on any atom is -0.378 e. The number of rotatable bonds is 6. The molecular formula is C19H29FN2O2. The summed E-state index contributed by atoms with van der Waals surface area (Å²) in [5.41, 5.74) is 1.08. The van der Waals surface area contributed by atoms with Crippen LogP contribution in [0.25, 0.3) is 0 Å². The van der Waals surface area contributed by atoms with Crippen molar-refractivity contribution >= 4 is 11.6 Å². The summed E-state index contributed by atoms with van der Waals surface area (Å²) in [7, 11) is 0. The van der Waals surface area contributed by atoms with Crippen molar-refractivity contribution in [3.8, 4) is 0 Å². The third-order valence-electron chi connectivity index (χ3n) is 4.51. The Balaban J connectivity index is 1.82. The molecule has 1 aromatic rings. The Labute approximate surface area is 144 Å². The number of carbonyl (C=O) groups excluding carboxylic acids is 1. The van der Waals surface area contributed by atoms with Gasteiger partial charge in [0.2, 0.25) is 5.91 Å². The van der Waals surface area contributed by atoms with Gasteiger partial charge in [-0.25, -0.2) is 4.39 Å². The van der Waals surface area contributed by atoms with E-state index in [0.717, 1.165) is 32.5 Å². The first-order valence-electron chi connectivity index (χ1n) is 8.79. The number of benzene rings is 1. The normalized spacial score (nSPS) is 17.9. The number of nitrogens with one attached hydrogen (secondary N) is 1. The Kier molecular flexibility index (Phi) is 6.75. The molecule has 134 valence electrons. The molecule has 1 N–H and O–H groups in total. The Morgan fingerprint density at radius 2 is 2.00 bits per heavy atom. The molecule has 1 atom stereocenters. The standard InChI is InChI=1S/C19H29FN2O2/c1-13(2)12-24-17-7-9-22(10-8-17)15(4)19(23)21-16-6-5-14(3)18(20)11-16/h5-6,11,13,15,17H,7-10,12H2,1-4H3,(H,21,23). The highest BCUT2D eigenvalue weighted by atomic mass is 19.1. The lowest BCUT2D eigenvalue weighted by Crippen LogP contribution is -2.47. The van der Waals surface area contributed by atoms with Crippen molar-refractivity contribution in [2.75, 3.05) is 25.0 Å². The lowest BCUT2D eigenvalue weighted by molar-refractivity contribution is -0.122. The fourth-order valence-electron chi connectivity index (χ4n) is 2.84. The molecule has 0 aliphatic carbocycles. The molecule has 24 heavy (non-hydrogen) atoms. The number of anilines is 1. The number of hydrogen-bond acceptors (Lipinski definition) is 3. The lowest BCUT2D eigenvalue weighted by Gasteiger charge is -2.35. The SMILES string of the molecule is Cc1ccc(NC(=O)C(C)N2CCC(OCC(C)C)CC2)cc1F. The molecule has 1 amide bonds. The van der Waals surface area contributed by atoms with Gasteiger partial charge in [0.15, 0.2) is 0 Å². The maximum atomic E-state index is 13.6. The van der Waals surface area contributed by atoms with E-state index < -0.39 is 0 Å². The van der Waals surface area contributed by atoms with Crippen LogP contribution in [-0.4, -0.2) is 42.6 Å². The van der Waals surface area contributed by atoms with E-state index in [-0.39, 0.29) is 17.8 Å². The van der Waals surface area contributed by atoms with Crippen LogP contribution in [-0.2, 0) is 9.53 Å². The van der Waals surface area contributed by atoms with Crippen LogP contribution in [0.3, 0.4) is 0 Å². The molecular weight excluding hydrogens is 307 g/mol. The van der Waals surface area contributed by atoms with Crippen LogP contribution in [0.5, 0.6) is 0 Å². The number of halogens is 1. The van der Waals surface area contributed by atoms with Crippen molar-refractivity contribution < 1.29 is 13.9 Å². The van der Waals surface area contributed by atoms with Gasteiger partial charge in [0, 0.05) is 25.4 Å². The minimum atomic E-state index is -0.302. The zero-order valence-corrected chi connectivity index (χ0v) is 15.1. The molecule has 1 aliphatic heterocycles. The topological polar surface area (TPSA) is 41.6 Å². The summed E-state index contributed by atoms with van der Waals surface area (Å²) in [6.45, 7) is 10.4. The molecule has 0 saturated carbocycles. The summed E-state index contributed by atoms with van der Waals surface area (Å²) in [6.07, 6.45) is 2.19. The third-order valence-corrected chi connectivity index (χ3v) is 4.51. The van der Waals surface area contributed by atoms with Gasteiger partial charge in [-0.05, 0) is 50.3 Å². The molecule has 1 aromatic carbocycles. The first kappa shape index (κ1) is 18.9. The monoisotopic (exact) mass is 336 g/mol. The van der Waals surface area contributed by atoms with E-state index in [1.165, 1.54) is 6.07 Å². The zero-order chi connectivity index (χ0) is 17.7. The van der Waals surface area contributed by atoms with Gasteiger partial charge in [0.25, 0.3) is 0 Å². The number of hydrogen-bond donors (Lipinski definition) is 1. The molecule has 1 aliphatic rings. The lowest BCUT2D eigenvalue weighted by atomic mass is 10.1. The second kappa shape index (κ2) is 8.58. The van der Waals surface area contributed by atoms with Crippen molar-refractivity contribution in [1.82, 2.24) is 4.90 Å². The van der Waals surface area contributed by atoms with Crippen LogP contribution in [0, 0.1) is 18.7 Å². The highest BCUT2D eigenvalue weighted by Gasteiger charge is 2.27. The first-order valence-corrected chi connectivity index (χ1v) is 8.79. The van der Waals surface area contributed by atoms with Crippen molar-refractivity contribution in [2.45, 2.75) is 52.7 Å². The van der Waals surface area contributed by atoms with Crippen molar-refractivity contribution in [3.63, 3.8) is 0 Å². The van der Waals surface area contributed by atoms with Gasteiger partial charge in [0.05, 0.1) is 12.1 Å². The summed E-state index contributed by atoms with van der Waals surface area (Å²) in [6, 6.07) is 4.54. The van der Waals surface area contributed by atoms with E-state index in [1.807, 2.05) is 6.92 Å². The average Bonchev–Trinajstić information content (AvgIpc) is 2.56. The van der Waals surface area contributed by atoms with E-state index in [9.17, 15) is 9.18 Å². The number of likely N-dealkylation sites (tertiary alicyclic amines) is 1. The molecule has 1 unspecified atom stereocenters. The summed E-state index contributed by atoms with van der Waals surface area (Å²) >= 11 is 0. The van der Waals surface area contributed by atoms with Gasteiger partial charge in [-0.15, -0.1) is 0 Å². The fourth-order valence-corrected chi connectivity index (χ4v) is 2.84. The van der Waals surface area contributed by atoms with Gasteiger partial charge < -0.3 is 10.1 Å². The van der Waals surface area contributed by atoms with Crippen LogP contribution >= 0.6 is 0 Å². The molecule has 2 rings (SSSR count). The number of carbonyl (C=O) groups is 1. The van der Waals surface area contributed by atoms with E-state index in [0.29, 0.717) is 23.3 Å². The van der Waals surface area contributed by atoms with E-state index >= 15 is 0 Å². The summed E-state index contributed by atoms with van der Waals surface area (Å²) < 4.78 is 19.5. The number of amides is 1. The zero-order valence-electron chi connectivity index (χ0n) is 15.1. The number of nitrogens with zero attached hydrogens (tertiary/aromatic N) is 1. The fraction of sp³-hybridized carbons (Fsp3) is 0.632. The number of piperidine rings is 1. The van der Waals surface area contributed by atoms with Crippen molar-refractivity contribution in [3.05, 3.63) is 29.6 Å². The van der Waals surface area contributed by atoms with Gasteiger partial charge in [0.1, 0.15) is 5.82 Å². The maximum absolute atomic E-state index is 13.6. The molecule has 1 fully saturated rings. The first-order chi connectivity index (χ1) is 11.4. The quantitative estimate of drug-likeness (QED) is 0.863. The smallest absolute Gasteiger partial charge is 0.241 e. The molecule has 0 aromatic heterocycles. The van der Waals surface area contributed by atoms with Gasteiger partial charge in [-0.1, -0.05) is 19.9 Å². The Morgan fingerprint density at radius 1 is 1.33 bits per heavy atom. The van der Waals surface area contributed by atoms with E-state index in [1.54, 1.807) is 19.1 Å². The van der Waals surface area contributed by atoms with Crippen molar-refractivity contribution in [1.29, 1.82) is 0 Å².